The summed E-state index contributed by atoms with van der Waals surface area (Å²) in [5.74, 6) is 0.999. The van der Waals surface area contributed by atoms with Gasteiger partial charge in [0.1, 0.15) is 5.82 Å². The Labute approximate surface area is 196 Å². The van der Waals surface area contributed by atoms with E-state index in [1.54, 1.807) is 42.5 Å². The highest BCUT2D eigenvalue weighted by molar-refractivity contribution is 7.92. The molecule has 2 aromatic carbocycles. The number of benzene rings is 2. The van der Waals surface area contributed by atoms with Crippen molar-refractivity contribution in [3.63, 3.8) is 0 Å². The second-order valence-electron chi connectivity index (χ2n) is 8.02. The molecule has 3 aromatic rings. The molecule has 8 heteroatoms. The van der Waals surface area contributed by atoms with Crippen molar-refractivity contribution < 1.29 is 8.42 Å². The van der Waals surface area contributed by atoms with E-state index < -0.39 is 10.0 Å². The Morgan fingerprint density at radius 3 is 2.03 bits per heavy atom. The summed E-state index contributed by atoms with van der Waals surface area (Å²) in [7, 11) is -3.59. The van der Waals surface area contributed by atoms with Gasteiger partial charge < -0.3 is 4.90 Å². The first kappa shape index (κ1) is 24.0. The lowest BCUT2D eigenvalue weighted by molar-refractivity contribution is 0.209. The van der Waals surface area contributed by atoms with Crippen LogP contribution in [0.15, 0.2) is 77.8 Å². The zero-order valence-corrected chi connectivity index (χ0v) is 19.9. The van der Waals surface area contributed by atoms with Gasteiger partial charge in [0.15, 0.2) is 0 Å². The number of anilines is 2. The van der Waals surface area contributed by atoms with Gasteiger partial charge in [-0.3, -0.25) is 9.62 Å². The van der Waals surface area contributed by atoms with Crippen molar-refractivity contribution in [3.05, 3.63) is 72.9 Å². The molecule has 1 aromatic heterocycles. The maximum atomic E-state index is 12.5. The zero-order chi connectivity index (χ0) is 21.8. The molecule has 0 atom stereocenters. The molecule has 0 saturated carbocycles. The van der Waals surface area contributed by atoms with E-state index in [-0.39, 0.29) is 17.3 Å². The van der Waals surface area contributed by atoms with Gasteiger partial charge in [0.05, 0.1) is 4.90 Å². The number of hydrogen-bond acceptors (Lipinski definition) is 5. The minimum absolute atomic E-state index is 0. The third kappa shape index (κ3) is 5.59. The Morgan fingerprint density at radius 1 is 0.844 bits per heavy atom. The number of piperazine rings is 1. The molecule has 6 nitrogen and oxygen atoms in total. The van der Waals surface area contributed by atoms with Gasteiger partial charge in [0, 0.05) is 49.7 Å². The van der Waals surface area contributed by atoms with Crippen LogP contribution in [0.2, 0.25) is 0 Å². The van der Waals surface area contributed by atoms with Crippen molar-refractivity contribution in [2.24, 2.45) is 0 Å². The van der Waals surface area contributed by atoms with E-state index >= 15 is 0 Å². The van der Waals surface area contributed by atoms with E-state index in [1.807, 2.05) is 18.3 Å². The van der Waals surface area contributed by atoms with Gasteiger partial charge >= 0.3 is 0 Å². The van der Waals surface area contributed by atoms with Crippen LogP contribution in [0, 0.1) is 0 Å². The average Bonchev–Trinajstić information content (AvgIpc) is 2.80. The van der Waals surface area contributed by atoms with E-state index in [0.717, 1.165) is 43.1 Å². The number of hydrogen-bond donors (Lipinski definition) is 1. The van der Waals surface area contributed by atoms with Crippen molar-refractivity contribution in [2.75, 3.05) is 35.8 Å². The zero-order valence-electron chi connectivity index (χ0n) is 18.3. The molecule has 32 heavy (non-hydrogen) atoms. The number of halogens is 1. The van der Waals surface area contributed by atoms with Gasteiger partial charge in [-0.05, 0) is 55.8 Å². The average molecular weight is 473 g/mol. The van der Waals surface area contributed by atoms with E-state index in [2.05, 4.69) is 45.5 Å². The largest absolute Gasteiger partial charge is 0.354 e. The predicted octanol–water partition coefficient (Wildman–Crippen LogP) is 4.50. The molecule has 0 spiro atoms. The number of pyridine rings is 1. The Morgan fingerprint density at radius 2 is 1.47 bits per heavy atom. The highest BCUT2D eigenvalue weighted by Gasteiger charge is 2.19. The smallest absolute Gasteiger partial charge is 0.261 e. The molecule has 1 N–H and O–H groups in total. The molecule has 0 unspecified atom stereocenters. The summed E-state index contributed by atoms with van der Waals surface area (Å²) in [6, 6.07) is 20.4. The quantitative estimate of drug-likeness (QED) is 0.572. The maximum absolute atomic E-state index is 12.5. The number of sulfonamides is 1. The van der Waals surface area contributed by atoms with Crippen molar-refractivity contribution in [2.45, 2.75) is 24.8 Å². The Hall–Kier alpha value is -2.61. The first-order chi connectivity index (χ1) is 14.9. The molecule has 1 aliphatic heterocycles. The molecule has 0 aliphatic carbocycles. The Kier molecular flexibility index (Phi) is 7.77. The van der Waals surface area contributed by atoms with Crippen LogP contribution >= 0.6 is 12.4 Å². The van der Waals surface area contributed by atoms with Crippen molar-refractivity contribution in [3.8, 4) is 11.1 Å². The van der Waals surface area contributed by atoms with E-state index in [1.165, 1.54) is 0 Å². The molecule has 4 rings (SSSR count). The van der Waals surface area contributed by atoms with Gasteiger partial charge in [-0.15, -0.1) is 12.4 Å². The first-order valence-electron chi connectivity index (χ1n) is 10.6. The van der Waals surface area contributed by atoms with Crippen LogP contribution in [0.1, 0.15) is 13.8 Å². The second kappa shape index (κ2) is 10.3. The van der Waals surface area contributed by atoms with Crippen molar-refractivity contribution in [1.29, 1.82) is 0 Å². The molecular weight excluding hydrogens is 444 g/mol. The normalized spacial score (nSPS) is 14.8. The SMILES string of the molecule is CC(C)N1CCN(c2ccc(-c3ccc(NS(=O)(=O)c4ccccc4)cc3)cn2)CC1.Cl. The van der Waals surface area contributed by atoms with Crippen LogP contribution in [-0.4, -0.2) is 50.5 Å². The van der Waals surface area contributed by atoms with Crippen LogP contribution < -0.4 is 9.62 Å². The lowest BCUT2D eigenvalue weighted by atomic mass is 10.1. The van der Waals surface area contributed by atoms with Gasteiger partial charge in [0.2, 0.25) is 0 Å². The molecule has 0 bridgehead atoms. The molecule has 170 valence electrons. The van der Waals surface area contributed by atoms with Gasteiger partial charge in [-0.2, -0.15) is 0 Å². The molecule has 1 aliphatic rings. The lowest BCUT2D eigenvalue weighted by Gasteiger charge is -2.37. The summed E-state index contributed by atoms with van der Waals surface area (Å²) < 4.78 is 27.6. The molecule has 0 radical (unpaired) electrons. The fourth-order valence-electron chi connectivity index (χ4n) is 3.76. The number of nitrogens with one attached hydrogen (secondary N) is 1. The summed E-state index contributed by atoms with van der Waals surface area (Å²) in [5.41, 5.74) is 2.52. The molecule has 1 saturated heterocycles. The summed E-state index contributed by atoms with van der Waals surface area (Å²) in [6.07, 6.45) is 1.88. The van der Waals surface area contributed by atoms with Gasteiger partial charge in [-0.25, -0.2) is 13.4 Å². The lowest BCUT2D eigenvalue weighted by Crippen LogP contribution is -2.49. The predicted molar refractivity (Wildman–Crippen MR) is 133 cm³/mol. The second-order valence-corrected chi connectivity index (χ2v) is 9.70. The highest BCUT2D eigenvalue weighted by Crippen LogP contribution is 2.24. The highest BCUT2D eigenvalue weighted by atomic mass is 35.5. The van der Waals surface area contributed by atoms with Crippen molar-refractivity contribution in [1.82, 2.24) is 9.88 Å². The van der Waals surface area contributed by atoms with Crippen molar-refractivity contribution >= 4 is 33.9 Å². The molecule has 1 fully saturated rings. The number of aromatic nitrogens is 1. The third-order valence-corrected chi connectivity index (χ3v) is 7.04. The Bertz CT molecular complexity index is 1100. The van der Waals surface area contributed by atoms with Crippen LogP contribution in [-0.2, 0) is 10.0 Å². The standard InChI is InChI=1S/C24H28N4O2S.ClH/c1-19(2)27-14-16-28(17-15-27)24-13-10-21(18-25-24)20-8-11-22(12-9-20)26-31(29,30)23-6-4-3-5-7-23;/h3-13,18-19,26H,14-17H2,1-2H3;1H. The first-order valence-corrected chi connectivity index (χ1v) is 12.0. The third-order valence-electron chi connectivity index (χ3n) is 5.64. The van der Waals surface area contributed by atoms with Crippen LogP contribution in [0.4, 0.5) is 11.5 Å². The molecule has 2 heterocycles. The van der Waals surface area contributed by atoms with E-state index in [0.29, 0.717) is 11.7 Å². The van der Waals surface area contributed by atoms with Crippen LogP contribution in [0.3, 0.4) is 0 Å². The number of nitrogens with zero attached hydrogens (tertiary/aromatic N) is 3. The molecular formula is C24H29ClN4O2S. The fraction of sp³-hybridized carbons (Fsp3) is 0.292. The topological polar surface area (TPSA) is 65.5 Å². The molecule has 0 amide bonds. The number of rotatable bonds is 6. The van der Waals surface area contributed by atoms with Gasteiger partial charge in [0.25, 0.3) is 10.0 Å². The van der Waals surface area contributed by atoms with Gasteiger partial charge in [-0.1, -0.05) is 30.3 Å². The van der Waals surface area contributed by atoms with Crippen LogP contribution in [0.25, 0.3) is 11.1 Å². The van der Waals surface area contributed by atoms with E-state index in [9.17, 15) is 8.42 Å². The Balaban J connectivity index is 0.00000289. The summed E-state index contributed by atoms with van der Waals surface area (Å²) in [5, 5.41) is 0. The monoisotopic (exact) mass is 472 g/mol. The van der Waals surface area contributed by atoms with Crippen LogP contribution in [0.5, 0.6) is 0 Å². The minimum atomic E-state index is -3.59. The fourth-order valence-corrected chi connectivity index (χ4v) is 4.84. The van der Waals surface area contributed by atoms with E-state index in [4.69, 9.17) is 0 Å². The summed E-state index contributed by atoms with van der Waals surface area (Å²) >= 11 is 0. The maximum Gasteiger partial charge on any atom is 0.261 e. The minimum Gasteiger partial charge on any atom is -0.354 e. The summed E-state index contributed by atoms with van der Waals surface area (Å²) in [4.78, 5) is 9.72. The summed E-state index contributed by atoms with van der Waals surface area (Å²) in [6.45, 7) is 8.56.